The summed E-state index contributed by atoms with van der Waals surface area (Å²) in [5.74, 6) is 1.75. The lowest BCUT2D eigenvalue weighted by Gasteiger charge is -2.72. The number of allylic oxidation sites excluding steroid dienone is 3. The van der Waals surface area contributed by atoms with Crippen molar-refractivity contribution in [3.8, 4) is 38.5 Å². The van der Waals surface area contributed by atoms with Crippen LogP contribution in [-0.4, -0.2) is 27.5 Å². The summed E-state index contributed by atoms with van der Waals surface area (Å²) in [5.41, 5.74) is 4.50. The quantitative estimate of drug-likeness (QED) is 0.237. The van der Waals surface area contributed by atoms with Crippen molar-refractivity contribution >= 4 is 17.4 Å². The number of hydrogen-bond acceptors (Lipinski definition) is 3. The number of terminal acetylenes is 3. The zero-order valence-corrected chi connectivity index (χ0v) is 33.7. The molecule has 0 saturated heterocycles. The molecule has 1 aromatic heterocycles. The second kappa shape index (κ2) is 17.7. The van der Waals surface area contributed by atoms with E-state index < -0.39 is 5.97 Å². The van der Waals surface area contributed by atoms with Crippen LogP contribution < -0.4 is 5.32 Å². The van der Waals surface area contributed by atoms with Gasteiger partial charge in [-0.25, -0.2) is 4.79 Å². The van der Waals surface area contributed by atoms with Gasteiger partial charge in [-0.2, -0.15) is 0 Å². The summed E-state index contributed by atoms with van der Waals surface area (Å²) in [4.78, 5) is 29.3. The van der Waals surface area contributed by atoms with E-state index in [-0.39, 0.29) is 33.1 Å². The van der Waals surface area contributed by atoms with Crippen LogP contribution in [0.25, 0.3) is 5.57 Å². The topological polar surface area (TPSA) is 79.3 Å². The Morgan fingerprint density at radius 2 is 1.48 bits per heavy atom. The van der Waals surface area contributed by atoms with Gasteiger partial charge >= 0.3 is 5.97 Å². The standard InChI is InChI=1S/C40H52N2O3.C3H6.3C2H2/c1-36(2)29(26-11-13-27(14-12-26)35(44)45)17-20-37(3)32(36)18-21-39(5)33(37)16-15-30-31-10-8-19-40(31,23-22-38(30,39)4)42-34(43)25-28-9-6-7-24-41-28;1-3-2;3*1-2/h6-7,9,11-14,17,24,30-33H,8,10,15-16,18-23,25H2,1-5H3,(H,42,43)(H,44,45);3H,1H2,2H3;3*1-2H/t30-,31?,32?,33?,37+,38-,39-,40+;;;;/m1..../s1. The molecular weight excluding hydrogens is 665 g/mol. The van der Waals surface area contributed by atoms with E-state index in [0.717, 1.165) is 25.0 Å². The number of hydrogen-bond donors (Lipinski definition) is 2. The zero-order chi connectivity index (χ0) is 40.5. The predicted molar refractivity (Wildman–Crippen MR) is 224 cm³/mol. The Labute approximate surface area is 327 Å². The second-order valence-corrected chi connectivity index (χ2v) is 17.2. The van der Waals surface area contributed by atoms with Gasteiger partial charge in [0.25, 0.3) is 0 Å². The Balaban J connectivity index is 0.000000807. The molecule has 2 aromatic rings. The highest BCUT2D eigenvalue weighted by molar-refractivity contribution is 5.88. The van der Waals surface area contributed by atoms with Crippen molar-refractivity contribution in [2.45, 2.75) is 118 Å². The number of nitrogens with one attached hydrogen (secondary N) is 1. The summed E-state index contributed by atoms with van der Waals surface area (Å²) in [5, 5.41) is 13.1. The van der Waals surface area contributed by atoms with Crippen LogP contribution in [0.15, 0.2) is 67.4 Å². The van der Waals surface area contributed by atoms with Crippen LogP contribution in [0.2, 0.25) is 0 Å². The largest absolute Gasteiger partial charge is 0.478 e. The van der Waals surface area contributed by atoms with E-state index in [1.165, 1.54) is 56.1 Å². The van der Waals surface area contributed by atoms with E-state index in [1.54, 1.807) is 24.4 Å². The molecule has 3 unspecified atom stereocenters. The van der Waals surface area contributed by atoms with Gasteiger partial charge in [0.1, 0.15) is 0 Å². The van der Waals surface area contributed by atoms with Gasteiger partial charge in [-0.15, -0.1) is 45.1 Å². The molecular formula is C49H64N2O3. The van der Waals surface area contributed by atoms with E-state index in [1.807, 2.05) is 37.3 Å². The van der Waals surface area contributed by atoms with E-state index in [2.05, 4.69) is 96.1 Å². The lowest BCUT2D eigenvalue weighted by atomic mass is 9.33. The number of carboxylic acids is 1. The molecule has 1 amide bonds. The predicted octanol–water partition coefficient (Wildman–Crippen LogP) is 10.7. The van der Waals surface area contributed by atoms with Gasteiger partial charge in [0.2, 0.25) is 5.91 Å². The lowest BCUT2D eigenvalue weighted by Crippen LogP contribution is -2.67. The normalized spacial score (nSPS) is 33.5. The average molecular weight is 729 g/mol. The number of aromatic nitrogens is 1. The van der Waals surface area contributed by atoms with Crippen molar-refractivity contribution in [3.05, 3.63) is 84.2 Å². The number of fused-ring (bicyclic) bond motifs is 7. The van der Waals surface area contributed by atoms with Crippen LogP contribution in [0.3, 0.4) is 0 Å². The molecule has 288 valence electrons. The molecule has 1 aromatic carbocycles. The summed E-state index contributed by atoms with van der Waals surface area (Å²) in [6.07, 6.45) is 42.4. The molecule has 5 heteroatoms. The molecule has 5 aliphatic rings. The molecule has 1 heterocycles. The van der Waals surface area contributed by atoms with Crippen LogP contribution in [-0.2, 0) is 11.2 Å². The Morgan fingerprint density at radius 1 is 0.833 bits per heavy atom. The molecule has 4 saturated carbocycles. The first-order valence-electron chi connectivity index (χ1n) is 19.6. The fourth-order valence-corrected chi connectivity index (χ4v) is 12.7. The van der Waals surface area contributed by atoms with Crippen molar-refractivity contribution in [3.63, 3.8) is 0 Å². The highest BCUT2D eigenvalue weighted by Crippen LogP contribution is 2.76. The van der Waals surface area contributed by atoms with Crippen molar-refractivity contribution in [2.24, 2.45) is 45.3 Å². The summed E-state index contributed by atoms with van der Waals surface area (Å²) < 4.78 is 0. The Kier molecular flexibility index (Phi) is 14.4. The number of aromatic carboxylic acids is 1. The van der Waals surface area contributed by atoms with Gasteiger partial charge in [0, 0.05) is 17.4 Å². The summed E-state index contributed by atoms with van der Waals surface area (Å²) in [7, 11) is 0. The molecule has 2 N–H and O–H groups in total. The first kappa shape index (κ1) is 43.9. The number of carbonyl (C=O) groups excluding carboxylic acids is 1. The van der Waals surface area contributed by atoms with Crippen LogP contribution in [0.5, 0.6) is 0 Å². The summed E-state index contributed by atoms with van der Waals surface area (Å²) in [6.45, 7) is 18.1. The van der Waals surface area contributed by atoms with Crippen LogP contribution in [0, 0.1) is 83.9 Å². The average Bonchev–Trinajstić information content (AvgIpc) is 3.58. The maximum absolute atomic E-state index is 13.4. The number of benzene rings is 1. The molecule has 0 bridgehead atoms. The maximum atomic E-state index is 13.4. The monoisotopic (exact) mass is 728 g/mol. The minimum Gasteiger partial charge on any atom is -0.478 e. The maximum Gasteiger partial charge on any atom is 0.335 e. The SMILES string of the molecule is C#C.C#C.C#C.C=CC.CC1(C)C(c2ccc(C(=O)O)cc2)=CC[C@@]2(C)C1CC[C@]1(C)C2CC[C@@H]2C3CCC[C@]3(NC(=O)Cc3ccccn3)CC[C@]21C. The van der Waals surface area contributed by atoms with Crippen LogP contribution in [0.1, 0.15) is 127 Å². The minimum atomic E-state index is -0.869. The van der Waals surface area contributed by atoms with Gasteiger partial charge in [0.15, 0.2) is 0 Å². The first-order valence-corrected chi connectivity index (χ1v) is 19.6. The Morgan fingerprint density at radius 3 is 2.07 bits per heavy atom. The second-order valence-electron chi connectivity index (χ2n) is 17.2. The molecule has 0 radical (unpaired) electrons. The molecule has 7 rings (SSSR count). The van der Waals surface area contributed by atoms with Gasteiger partial charge in [-0.05, 0) is 145 Å². The van der Waals surface area contributed by atoms with Crippen molar-refractivity contribution in [1.82, 2.24) is 10.3 Å². The molecule has 5 nitrogen and oxygen atoms in total. The number of nitrogens with zero attached hydrogens (tertiary/aromatic N) is 1. The number of amides is 1. The molecule has 5 aliphatic carbocycles. The third-order valence-electron chi connectivity index (χ3n) is 14.8. The van der Waals surface area contributed by atoms with E-state index in [0.29, 0.717) is 35.7 Å². The van der Waals surface area contributed by atoms with Gasteiger partial charge in [0.05, 0.1) is 12.0 Å². The van der Waals surface area contributed by atoms with Gasteiger partial charge < -0.3 is 10.4 Å². The summed E-state index contributed by atoms with van der Waals surface area (Å²) >= 11 is 0. The van der Waals surface area contributed by atoms with Crippen molar-refractivity contribution in [1.29, 1.82) is 0 Å². The highest BCUT2D eigenvalue weighted by atomic mass is 16.4. The van der Waals surface area contributed by atoms with E-state index in [9.17, 15) is 14.7 Å². The number of pyridine rings is 1. The minimum absolute atomic E-state index is 0.0158. The summed E-state index contributed by atoms with van der Waals surface area (Å²) in [6, 6.07) is 13.4. The third-order valence-corrected chi connectivity index (χ3v) is 14.8. The molecule has 0 spiro atoms. The van der Waals surface area contributed by atoms with E-state index >= 15 is 0 Å². The van der Waals surface area contributed by atoms with Crippen LogP contribution >= 0.6 is 0 Å². The van der Waals surface area contributed by atoms with Gasteiger partial charge in [-0.3, -0.25) is 9.78 Å². The third kappa shape index (κ3) is 7.56. The van der Waals surface area contributed by atoms with Gasteiger partial charge in [-0.1, -0.05) is 71.4 Å². The first-order chi connectivity index (χ1) is 25.8. The van der Waals surface area contributed by atoms with Crippen LogP contribution in [0.4, 0.5) is 0 Å². The fourth-order valence-electron chi connectivity index (χ4n) is 12.7. The molecule has 0 aliphatic heterocycles. The molecule has 4 fully saturated rings. The Hall–Kier alpha value is -4.53. The smallest absolute Gasteiger partial charge is 0.335 e. The lowest BCUT2D eigenvalue weighted by molar-refractivity contribution is -0.216. The highest BCUT2D eigenvalue weighted by Gasteiger charge is 2.69. The molecule has 8 atom stereocenters. The molecule has 54 heavy (non-hydrogen) atoms. The zero-order valence-electron chi connectivity index (χ0n) is 33.7. The number of carboxylic acid groups (broad SMARTS) is 1. The van der Waals surface area contributed by atoms with Crippen molar-refractivity contribution in [2.75, 3.05) is 0 Å². The number of rotatable bonds is 5. The van der Waals surface area contributed by atoms with E-state index in [4.69, 9.17) is 0 Å². The fraction of sp³-hybridized carbons (Fsp3) is 0.531. The number of carbonyl (C=O) groups is 2. The Bertz CT molecular complexity index is 1690. The van der Waals surface area contributed by atoms with Crippen molar-refractivity contribution < 1.29 is 14.7 Å².